The molecule has 0 aliphatic heterocycles. The zero-order valence-corrected chi connectivity index (χ0v) is 15.3. The number of aryl methyl sites for hydroxylation is 2. The summed E-state index contributed by atoms with van der Waals surface area (Å²) in [6, 6.07) is 13.7. The first-order valence-electron chi connectivity index (χ1n) is 8.95. The molecule has 0 radical (unpaired) electrons. The molecule has 0 unspecified atom stereocenters. The molecule has 0 spiro atoms. The van der Waals surface area contributed by atoms with Crippen molar-refractivity contribution in [3.63, 3.8) is 0 Å². The summed E-state index contributed by atoms with van der Waals surface area (Å²) in [5.41, 5.74) is 2.74. The third-order valence-corrected chi connectivity index (χ3v) is 6.09. The van der Waals surface area contributed by atoms with Crippen molar-refractivity contribution in [3.05, 3.63) is 58.7 Å². The predicted octanol–water partition coefficient (Wildman–Crippen LogP) is 5.45. The highest BCUT2D eigenvalue weighted by atomic mass is 32.1. The molecule has 5 rings (SSSR count). The number of anilines is 2. The first kappa shape index (κ1) is 16.0. The minimum absolute atomic E-state index is 0.423. The zero-order chi connectivity index (χ0) is 18.2. The maximum Gasteiger partial charge on any atom is 0.217 e. The molecule has 5 nitrogen and oxygen atoms in total. The van der Waals surface area contributed by atoms with Gasteiger partial charge in [-0.05, 0) is 31.2 Å². The molecule has 27 heavy (non-hydrogen) atoms. The van der Waals surface area contributed by atoms with Gasteiger partial charge < -0.3 is 9.73 Å². The highest BCUT2D eigenvalue weighted by Crippen LogP contribution is 2.39. The fraction of sp³-hybridized carbons (Fsp3) is 0.190. The molecule has 1 N–H and O–H groups in total. The maximum absolute atomic E-state index is 9.54. The van der Waals surface area contributed by atoms with Crippen molar-refractivity contribution in [3.8, 4) is 17.4 Å². The number of furan rings is 1. The first-order valence-corrected chi connectivity index (χ1v) is 9.77. The van der Waals surface area contributed by atoms with Crippen LogP contribution in [0.15, 0.2) is 47.1 Å². The number of hydrogen-bond acceptors (Lipinski definition) is 6. The van der Waals surface area contributed by atoms with Crippen LogP contribution in [0.4, 0.5) is 11.7 Å². The molecule has 6 heteroatoms. The van der Waals surface area contributed by atoms with Gasteiger partial charge in [-0.1, -0.05) is 30.3 Å². The molecule has 4 aromatic rings. The van der Waals surface area contributed by atoms with Crippen LogP contribution in [-0.2, 0) is 12.8 Å². The summed E-state index contributed by atoms with van der Waals surface area (Å²) in [5, 5.41) is 13.9. The second-order valence-corrected chi connectivity index (χ2v) is 7.65. The standard InChI is InChI=1S/C21H16N4OS/c22-11-14-10-16(13-6-2-1-3-7-13)26-20(14)25-19-18-15-8-4-5-9-17(15)27-21(18)24-12-23-19/h1-3,6-7,10,12H,4-5,8-9H2,(H,23,24,25). The molecular weight excluding hydrogens is 356 g/mol. The van der Waals surface area contributed by atoms with Crippen LogP contribution in [0, 0.1) is 11.3 Å². The van der Waals surface area contributed by atoms with Crippen molar-refractivity contribution >= 4 is 33.3 Å². The van der Waals surface area contributed by atoms with Crippen molar-refractivity contribution in [1.29, 1.82) is 5.26 Å². The van der Waals surface area contributed by atoms with Crippen LogP contribution in [0.2, 0.25) is 0 Å². The Morgan fingerprint density at radius 1 is 1.11 bits per heavy atom. The lowest BCUT2D eigenvalue weighted by Crippen LogP contribution is -2.01. The smallest absolute Gasteiger partial charge is 0.217 e. The Labute approximate surface area is 160 Å². The number of nitrogens with one attached hydrogen (secondary N) is 1. The second kappa shape index (κ2) is 6.53. The van der Waals surface area contributed by atoms with E-state index < -0.39 is 0 Å². The Bertz CT molecular complexity index is 1170. The third kappa shape index (κ3) is 2.77. The molecule has 0 bridgehead atoms. The van der Waals surface area contributed by atoms with E-state index in [0.29, 0.717) is 23.0 Å². The average molecular weight is 372 g/mol. The van der Waals surface area contributed by atoms with Crippen molar-refractivity contribution in [2.24, 2.45) is 0 Å². The topological polar surface area (TPSA) is 74.7 Å². The van der Waals surface area contributed by atoms with Gasteiger partial charge in [0, 0.05) is 16.5 Å². The van der Waals surface area contributed by atoms with E-state index in [2.05, 4.69) is 21.4 Å². The summed E-state index contributed by atoms with van der Waals surface area (Å²) >= 11 is 1.75. The minimum Gasteiger partial charge on any atom is -0.439 e. The molecule has 1 aliphatic carbocycles. The van der Waals surface area contributed by atoms with Gasteiger partial charge in [0.1, 0.15) is 34.4 Å². The lowest BCUT2D eigenvalue weighted by molar-refractivity contribution is 0.599. The highest BCUT2D eigenvalue weighted by molar-refractivity contribution is 7.19. The molecule has 0 saturated carbocycles. The number of thiophene rings is 1. The maximum atomic E-state index is 9.54. The molecule has 0 amide bonds. The van der Waals surface area contributed by atoms with Gasteiger partial charge in [0.25, 0.3) is 0 Å². The molecule has 0 fully saturated rings. The van der Waals surface area contributed by atoms with E-state index in [4.69, 9.17) is 4.42 Å². The Hall–Kier alpha value is -3.17. The Morgan fingerprint density at radius 3 is 2.81 bits per heavy atom. The van der Waals surface area contributed by atoms with Crippen LogP contribution in [0.1, 0.15) is 28.8 Å². The summed E-state index contributed by atoms with van der Waals surface area (Å²) in [4.78, 5) is 11.3. The number of aromatic nitrogens is 2. The molecule has 132 valence electrons. The van der Waals surface area contributed by atoms with E-state index in [1.165, 1.54) is 23.3 Å². The monoisotopic (exact) mass is 372 g/mol. The van der Waals surface area contributed by atoms with Gasteiger partial charge in [-0.2, -0.15) is 5.26 Å². The quantitative estimate of drug-likeness (QED) is 0.518. The number of nitrogens with zero attached hydrogens (tertiary/aromatic N) is 3. The molecule has 3 aromatic heterocycles. The van der Waals surface area contributed by atoms with Crippen LogP contribution >= 0.6 is 11.3 Å². The lowest BCUT2D eigenvalue weighted by atomic mass is 9.97. The Kier molecular flexibility index (Phi) is 3.88. The average Bonchev–Trinajstić information content (AvgIpc) is 3.30. The highest BCUT2D eigenvalue weighted by Gasteiger charge is 2.21. The van der Waals surface area contributed by atoms with E-state index in [-0.39, 0.29) is 0 Å². The molecule has 0 atom stereocenters. The van der Waals surface area contributed by atoms with Crippen LogP contribution in [0.25, 0.3) is 21.5 Å². The summed E-state index contributed by atoms with van der Waals surface area (Å²) < 4.78 is 5.97. The lowest BCUT2D eigenvalue weighted by Gasteiger charge is -2.11. The van der Waals surface area contributed by atoms with E-state index in [1.54, 1.807) is 23.7 Å². The van der Waals surface area contributed by atoms with Crippen LogP contribution < -0.4 is 5.32 Å². The molecule has 3 heterocycles. The summed E-state index contributed by atoms with van der Waals surface area (Å²) in [5.74, 6) is 1.80. The zero-order valence-electron chi connectivity index (χ0n) is 14.5. The van der Waals surface area contributed by atoms with Gasteiger partial charge in [0.2, 0.25) is 5.88 Å². The fourth-order valence-electron chi connectivity index (χ4n) is 3.60. The number of benzene rings is 1. The molecule has 1 aromatic carbocycles. The van der Waals surface area contributed by atoms with Crippen molar-refractivity contribution in [2.45, 2.75) is 25.7 Å². The van der Waals surface area contributed by atoms with Gasteiger partial charge in [0.05, 0.1) is 5.39 Å². The van der Waals surface area contributed by atoms with E-state index in [0.717, 1.165) is 28.6 Å². The number of fused-ring (bicyclic) bond motifs is 3. The number of rotatable bonds is 3. The van der Waals surface area contributed by atoms with Crippen molar-refractivity contribution < 1.29 is 4.42 Å². The largest absolute Gasteiger partial charge is 0.439 e. The Balaban J connectivity index is 1.59. The van der Waals surface area contributed by atoms with Gasteiger partial charge in [-0.3, -0.25) is 0 Å². The second-order valence-electron chi connectivity index (χ2n) is 6.57. The van der Waals surface area contributed by atoms with E-state index in [9.17, 15) is 5.26 Å². The van der Waals surface area contributed by atoms with E-state index in [1.807, 2.05) is 30.3 Å². The molecule has 0 saturated heterocycles. The van der Waals surface area contributed by atoms with Crippen LogP contribution in [-0.4, -0.2) is 9.97 Å². The number of hydrogen-bond donors (Lipinski definition) is 1. The summed E-state index contributed by atoms with van der Waals surface area (Å²) in [7, 11) is 0. The number of nitriles is 1. The minimum atomic E-state index is 0.423. The van der Waals surface area contributed by atoms with Crippen LogP contribution in [0.3, 0.4) is 0 Å². The van der Waals surface area contributed by atoms with Crippen LogP contribution in [0.5, 0.6) is 0 Å². The normalized spacial score (nSPS) is 13.3. The van der Waals surface area contributed by atoms with E-state index >= 15 is 0 Å². The Morgan fingerprint density at radius 2 is 1.96 bits per heavy atom. The predicted molar refractivity (Wildman–Crippen MR) is 106 cm³/mol. The third-order valence-electron chi connectivity index (χ3n) is 4.89. The van der Waals surface area contributed by atoms with Gasteiger partial charge in [0.15, 0.2) is 0 Å². The fourth-order valence-corrected chi connectivity index (χ4v) is 4.83. The molecule has 1 aliphatic rings. The van der Waals surface area contributed by atoms with Crippen molar-refractivity contribution in [2.75, 3.05) is 5.32 Å². The van der Waals surface area contributed by atoms with Gasteiger partial charge in [-0.15, -0.1) is 11.3 Å². The first-order chi connectivity index (χ1) is 13.3. The summed E-state index contributed by atoms with van der Waals surface area (Å²) in [6.07, 6.45) is 6.15. The van der Waals surface area contributed by atoms with Gasteiger partial charge in [-0.25, -0.2) is 9.97 Å². The molecular formula is C21H16N4OS. The SMILES string of the molecule is N#Cc1cc(-c2ccccc2)oc1Nc1ncnc2sc3c(c12)CCCC3. The van der Waals surface area contributed by atoms with Gasteiger partial charge >= 0.3 is 0 Å². The summed E-state index contributed by atoms with van der Waals surface area (Å²) in [6.45, 7) is 0. The van der Waals surface area contributed by atoms with Crippen molar-refractivity contribution in [1.82, 2.24) is 9.97 Å².